The zero-order chi connectivity index (χ0) is 13.0. The minimum atomic E-state index is 0. The SMILES string of the molecule is CCCCNCC1CC(C)c2ccccc2C1=O.Cl. The van der Waals surface area contributed by atoms with Crippen LogP contribution in [0.4, 0.5) is 0 Å². The van der Waals surface area contributed by atoms with E-state index in [9.17, 15) is 4.79 Å². The second-order valence-corrected chi connectivity index (χ2v) is 5.34. The van der Waals surface area contributed by atoms with Gasteiger partial charge < -0.3 is 5.32 Å². The summed E-state index contributed by atoms with van der Waals surface area (Å²) in [6, 6.07) is 8.07. The Morgan fingerprint density at radius 2 is 2.05 bits per heavy atom. The molecule has 0 radical (unpaired) electrons. The van der Waals surface area contributed by atoms with E-state index in [1.807, 2.05) is 18.2 Å². The van der Waals surface area contributed by atoms with Gasteiger partial charge in [0, 0.05) is 18.0 Å². The van der Waals surface area contributed by atoms with Crippen LogP contribution in [-0.4, -0.2) is 18.9 Å². The number of hydrogen-bond acceptors (Lipinski definition) is 2. The summed E-state index contributed by atoms with van der Waals surface area (Å²) in [5.74, 6) is 0.983. The highest BCUT2D eigenvalue weighted by molar-refractivity contribution is 6.00. The van der Waals surface area contributed by atoms with Crippen LogP contribution in [0.5, 0.6) is 0 Å². The van der Waals surface area contributed by atoms with Crippen molar-refractivity contribution in [2.75, 3.05) is 13.1 Å². The zero-order valence-electron chi connectivity index (χ0n) is 11.8. The summed E-state index contributed by atoms with van der Waals surface area (Å²) in [5.41, 5.74) is 2.17. The van der Waals surface area contributed by atoms with Crippen molar-refractivity contribution in [3.8, 4) is 0 Å². The Kier molecular flexibility index (Phi) is 6.53. The molecule has 0 bridgehead atoms. The van der Waals surface area contributed by atoms with E-state index in [0.29, 0.717) is 11.7 Å². The molecule has 2 atom stereocenters. The predicted octanol–water partition coefficient (Wildman–Crippen LogP) is 3.80. The molecule has 2 rings (SSSR count). The Bertz CT molecular complexity index is 419. The number of rotatable bonds is 5. The van der Waals surface area contributed by atoms with Crippen molar-refractivity contribution in [3.63, 3.8) is 0 Å². The monoisotopic (exact) mass is 281 g/mol. The van der Waals surface area contributed by atoms with E-state index in [2.05, 4.69) is 25.2 Å². The Hall–Kier alpha value is -0.860. The Balaban J connectivity index is 0.00000180. The van der Waals surface area contributed by atoms with Crippen LogP contribution in [0.2, 0.25) is 0 Å². The summed E-state index contributed by atoms with van der Waals surface area (Å²) in [4.78, 5) is 12.4. The first kappa shape index (κ1) is 16.2. The molecule has 1 aliphatic carbocycles. The van der Waals surface area contributed by atoms with Gasteiger partial charge in [-0.05, 0) is 30.9 Å². The fraction of sp³-hybridized carbons (Fsp3) is 0.562. The van der Waals surface area contributed by atoms with Gasteiger partial charge in [-0.15, -0.1) is 12.4 Å². The minimum absolute atomic E-state index is 0. The maximum Gasteiger partial charge on any atom is 0.167 e. The van der Waals surface area contributed by atoms with Gasteiger partial charge in [-0.25, -0.2) is 0 Å². The third kappa shape index (κ3) is 3.80. The summed E-state index contributed by atoms with van der Waals surface area (Å²) in [7, 11) is 0. The number of ketones is 1. The summed E-state index contributed by atoms with van der Waals surface area (Å²) in [6.45, 7) is 6.27. The number of fused-ring (bicyclic) bond motifs is 1. The first-order valence-electron chi connectivity index (χ1n) is 7.08. The van der Waals surface area contributed by atoms with Crippen LogP contribution in [0.15, 0.2) is 24.3 Å². The smallest absolute Gasteiger partial charge is 0.167 e. The van der Waals surface area contributed by atoms with Gasteiger partial charge in [-0.2, -0.15) is 0 Å². The molecule has 0 aromatic heterocycles. The van der Waals surface area contributed by atoms with Crippen molar-refractivity contribution in [3.05, 3.63) is 35.4 Å². The van der Waals surface area contributed by atoms with Gasteiger partial charge in [-0.1, -0.05) is 44.5 Å². The molecule has 1 N–H and O–H groups in total. The average Bonchev–Trinajstić information content (AvgIpc) is 2.40. The third-order valence-corrected chi connectivity index (χ3v) is 3.86. The molecule has 0 saturated carbocycles. The van der Waals surface area contributed by atoms with Crippen molar-refractivity contribution < 1.29 is 4.79 Å². The van der Waals surface area contributed by atoms with Crippen LogP contribution < -0.4 is 5.32 Å². The molecule has 0 spiro atoms. The first-order chi connectivity index (χ1) is 8.74. The molecule has 1 aliphatic rings. The number of hydrogen-bond donors (Lipinski definition) is 1. The van der Waals surface area contributed by atoms with Gasteiger partial charge in [0.15, 0.2) is 5.78 Å². The normalized spacial score (nSPS) is 21.7. The first-order valence-corrected chi connectivity index (χ1v) is 7.08. The lowest BCUT2D eigenvalue weighted by Gasteiger charge is -2.28. The fourth-order valence-corrected chi connectivity index (χ4v) is 2.79. The maximum atomic E-state index is 12.4. The van der Waals surface area contributed by atoms with Gasteiger partial charge >= 0.3 is 0 Å². The zero-order valence-corrected chi connectivity index (χ0v) is 12.6. The third-order valence-electron chi connectivity index (χ3n) is 3.86. The molecule has 1 aromatic rings. The Labute approximate surface area is 122 Å². The van der Waals surface area contributed by atoms with Crippen LogP contribution in [0.3, 0.4) is 0 Å². The molecule has 0 aliphatic heterocycles. The number of unbranched alkanes of at least 4 members (excludes halogenated alkanes) is 1. The molecular formula is C16H24ClNO. The molecule has 0 saturated heterocycles. The summed E-state index contributed by atoms with van der Waals surface area (Å²) >= 11 is 0. The fourth-order valence-electron chi connectivity index (χ4n) is 2.79. The minimum Gasteiger partial charge on any atom is -0.316 e. The predicted molar refractivity (Wildman–Crippen MR) is 82.3 cm³/mol. The molecule has 106 valence electrons. The number of Topliss-reactive ketones (excluding diaryl/α,β-unsaturated/α-hetero) is 1. The number of nitrogens with one attached hydrogen (secondary N) is 1. The highest BCUT2D eigenvalue weighted by Gasteiger charge is 2.30. The topological polar surface area (TPSA) is 29.1 Å². The van der Waals surface area contributed by atoms with E-state index in [1.165, 1.54) is 18.4 Å². The molecular weight excluding hydrogens is 258 g/mol. The summed E-state index contributed by atoms with van der Waals surface area (Å²) in [6.07, 6.45) is 3.37. The van der Waals surface area contributed by atoms with Gasteiger partial charge in [-0.3, -0.25) is 4.79 Å². The number of carbonyl (C=O) groups is 1. The lowest BCUT2D eigenvalue weighted by Crippen LogP contribution is -2.33. The van der Waals surface area contributed by atoms with E-state index in [-0.39, 0.29) is 18.3 Å². The van der Waals surface area contributed by atoms with E-state index < -0.39 is 0 Å². The highest BCUT2D eigenvalue weighted by atomic mass is 35.5. The van der Waals surface area contributed by atoms with Crippen molar-refractivity contribution >= 4 is 18.2 Å². The largest absolute Gasteiger partial charge is 0.316 e. The number of benzene rings is 1. The van der Waals surface area contributed by atoms with Crippen LogP contribution in [-0.2, 0) is 0 Å². The molecule has 19 heavy (non-hydrogen) atoms. The molecule has 3 heteroatoms. The van der Waals surface area contributed by atoms with Crippen molar-refractivity contribution in [1.29, 1.82) is 0 Å². The Morgan fingerprint density at radius 3 is 2.79 bits per heavy atom. The average molecular weight is 282 g/mol. The summed E-state index contributed by atoms with van der Waals surface area (Å²) in [5, 5.41) is 3.42. The highest BCUT2D eigenvalue weighted by Crippen LogP contribution is 2.33. The van der Waals surface area contributed by atoms with Crippen molar-refractivity contribution in [1.82, 2.24) is 5.32 Å². The van der Waals surface area contributed by atoms with Crippen molar-refractivity contribution in [2.45, 2.75) is 39.0 Å². The molecule has 2 nitrogen and oxygen atoms in total. The number of carbonyl (C=O) groups excluding carboxylic acids is 1. The Morgan fingerprint density at radius 1 is 1.32 bits per heavy atom. The van der Waals surface area contributed by atoms with Crippen LogP contribution >= 0.6 is 12.4 Å². The van der Waals surface area contributed by atoms with Crippen LogP contribution in [0.1, 0.15) is 54.9 Å². The molecule has 0 fully saturated rings. The van der Waals surface area contributed by atoms with E-state index in [4.69, 9.17) is 0 Å². The van der Waals surface area contributed by atoms with E-state index >= 15 is 0 Å². The molecule has 0 amide bonds. The lowest BCUT2D eigenvalue weighted by atomic mass is 9.77. The molecule has 0 heterocycles. The quantitative estimate of drug-likeness (QED) is 0.832. The molecule has 2 unspecified atom stereocenters. The van der Waals surface area contributed by atoms with Crippen LogP contribution in [0, 0.1) is 5.92 Å². The maximum absolute atomic E-state index is 12.4. The standard InChI is InChI=1S/C16H23NO.ClH/c1-3-4-9-17-11-13-10-12(2)14-7-5-6-8-15(14)16(13)18;/h5-8,12-13,17H,3-4,9-11H2,1-2H3;1H. The number of halogens is 1. The summed E-state index contributed by atoms with van der Waals surface area (Å²) < 4.78 is 0. The van der Waals surface area contributed by atoms with E-state index in [1.54, 1.807) is 0 Å². The van der Waals surface area contributed by atoms with Gasteiger partial charge in [0.25, 0.3) is 0 Å². The van der Waals surface area contributed by atoms with E-state index in [0.717, 1.165) is 25.1 Å². The molecule has 1 aromatic carbocycles. The van der Waals surface area contributed by atoms with Crippen LogP contribution in [0.25, 0.3) is 0 Å². The lowest BCUT2D eigenvalue weighted by molar-refractivity contribution is 0.0893. The second kappa shape index (κ2) is 7.66. The van der Waals surface area contributed by atoms with Gasteiger partial charge in [0.1, 0.15) is 0 Å². The second-order valence-electron chi connectivity index (χ2n) is 5.34. The van der Waals surface area contributed by atoms with Gasteiger partial charge in [0.2, 0.25) is 0 Å². The van der Waals surface area contributed by atoms with Crippen molar-refractivity contribution in [2.24, 2.45) is 5.92 Å². The van der Waals surface area contributed by atoms with Gasteiger partial charge in [0.05, 0.1) is 0 Å².